The van der Waals surface area contributed by atoms with E-state index in [0.717, 1.165) is 18.4 Å². The van der Waals surface area contributed by atoms with Crippen molar-refractivity contribution in [1.29, 1.82) is 0 Å². The third-order valence-corrected chi connectivity index (χ3v) is 2.45. The van der Waals surface area contributed by atoms with E-state index in [-0.39, 0.29) is 11.7 Å². The highest BCUT2D eigenvalue weighted by Gasteiger charge is 2.35. The van der Waals surface area contributed by atoms with Crippen LogP contribution in [0.5, 0.6) is 0 Å². The van der Waals surface area contributed by atoms with Gasteiger partial charge in [0, 0.05) is 5.92 Å². The molecule has 1 heteroatoms. The maximum atomic E-state index is 11.1. The number of Topliss-reactive ketones (excluding diaryl/α,β-unsaturated/α-hetero) is 1. The summed E-state index contributed by atoms with van der Waals surface area (Å²) in [6.45, 7) is 9.99. The Morgan fingerprint density at radius 3 is 2.36 bits per heavy atom. The van der Waals surface area contributed by atoms with E-state index in [4.69, 9.17) is 0 Å². The van der Waals surface area contributed by atoms with Gasteiger partial charge in [-0.2, -0.15) is 0 Å². The van der Waals surface area contributed by atoms with Gasteiger partial charge in [0.25, 0.3) is 0 Å². The Labute approximate surface area is 68.5 Å². The molecule has 0 aromatic carbocycles. The summed E-state index contributed by atoms with van der Waals surface area (Å²) in [6.07, 6.45) is 2.00. The summed E-state index contributed by atoms with van der Waals surface area (Å²) in [5.41, 5.74) is 1.43. The number of hydrogen-bond donors (Lipinski definition) is 0. The molecule has 0 radical (unpaired) electrons. The van der Waals surface area contributed by atoms with Crippen molar-refractivity contribution in [3.05, 3.63) is 12.2 Å². The fourth-order valence-electron chi connectivity index (χ4n) is 1.94. The van der Waals surface area contributed by atoms with Gasteiger partial charge in [0.1, 0.15) is 5.78 Å². The summed E-state index contributed by atoms with van der Waals surface area (Å²) in [7, 11) is 0. The molecule has 1 aliphatic carbocycles. The van der Waals surface area contributed by atoms with Crippen LogP contribution in [0.15, 0.2) is 12.2 Å². The number of carbonyl (C=O) groups is 1. The summed E-state index contributed by atoms with van der Waals surface area (Å²) < 4.78 is 0. The average molecular weight is 152 g/mol. The molecular formula is C10H16O. The summed E-state index contributed by atoms with van der Waals surface area (Å²) in [5.74, 6) is 0.422. The van der Waals surface area contributed by atoms with E-state index in [0.29, 0.717) is 5.41 Å². The highest BCUT2D eigenvalue weighted by molar-refractivity contribution is 5.81. The highest BCUT2D eigenvalue weighted by Crippen LogP contribution is 2.44. The average Bonchev–Trinajstić information content (AvgIpc) is 2.05. The molecule has 0 amide bonds. The lowest BCUT2D eigenvalue weighted by molar-refractivity contribution is -0.119. The van der Waals surface area contributed by atoms with Crippen molar-refractivity contribution in [3.8, 4) is 0 Å². The van der Waals surface area contributed by atoms with E-state index in [1.807, 2.05) is 0 Å². The number of carbonyl (C=O) groups excluding carboxylic acids is 1. The number of allylic oxidation sites excluding steroid dienone is 1. The molecule has 1 nitrogen and oxygen atoms in total. The van der Waals surface area contributed by atoms with Crippen molar-refractivity contribution < 1.29 is 4.79 Å². The maximum absolute atomic E-state index is 11.1. The van der Waals surface area contributed by atoms with Crippen LogP contribution in [0.3, 0.4) is 0 Å². The van der Waals surface area contributed by atoms with Crippen molar-refractivity contribution in [3.63, 3.8) is 0 Å². The quantitative estimate of drug-likeness (QED) is 0.528. The second-order valence-corrected chi connectivity index (χ2v) is 4.37. The predicted octanol–water partition coefficient (Wildman–Crippen LogP) is 2.57. The van der Waals surface area contributed by atoms with Crippen LogP contribution in [0.2, 0.25) is 0 Å². The first-order valence-corrected chi connectivity index (χ1v) is 4.10. The summed E-state index contributed by atoms with van der Waals surface area (Å²) in [6, 6.07) is 0. The van der Waals surface area contributed by atoms with Crippen LogP contribution >= 0.6 is 0 Å². The lowest BCUT2D eigenvalue weighted by Crippen LogP contribution is -2.10. The molecule has 0 saturated heterocycles. The fourth-order valence-corrected chi connectivity index (χ4v) is 1.94. The first-order chi connectivity index (χ1) is 4.92. The molecule has 0 heterocycles. The molecule has 1 aliphatic rings. The van der Waals surface area contributed by atoms with Gasteiger partial charge in [-0.3, -0.25) is 4.79 Å². The molecule has 0 aliphatic heterocycles. The molecule has 62 valence electrons. The third-order valence-electron chi connectivity index (χ3n) is 2.45. The Hall–Kier alpha value is -0.590. The Balaban J connectivity index is 2.74. The molecular weight excluding hydrogens is 136 g/mol. The van der Waals surface area contributed by atoms with E-state index in [1.165, 1.54) is 0 Å². The minimum Gasteiger partial charge on any atom is -0.299 e. The van der Waals surface area contributed by atoms with Crippen LogP contribution in [0.4, 0.5) is 0 Å². The molecule has 11 heavy (non-hydrogen) atoms. The first-order valence-electron chi connectivity index (χ1n) is 4.10. The lowest BCUT2D eigenvalue weighted by atomic mass is 9.90. The van der Waals surface area contributed by atoms with E-state index >= 15 is 0 Å². The van der Waals surface area contributed by atoms with Gasteiger partial charge >= 0.3 is 0 Å². The molecule has 0 spiro atoms. The van der Waals surface area contributed by atoms with Crippen LogP contribution in [-0.4, -0.2) is 5.78 Å². The monoisotopic (exact) mass is 152 g/mol. The van der Waals surface area contributed by atoms with Gasteiger partial charge in [-0.05, 0) is 25.2 Å². The van der Waals surface area contributed by atoms with Crippen LogP contribution < -0.4 is 0 Å². The van der Waals surface area contributed by atoms with E-state index in [1.54, 1.807) is 6.92 Å². The molecule has 1 fully saturated rings. The van der Waals surface area contributed by atoms with Crippen molar-refractivity contribution in [2.24, 2.45) is 11.3 Å². The zero-order valence-corrected chi connectivity index (χ0v) is 7.61. The Bertz CT molecular complexity index is 201. The maximum Gasteiger partial charge on any atom is 0.136 e. The molecule has 1 rings (SSSR count). The van der Waals surface area contributed by atoms with E-state index < -0.39 is 0 Å². The van der Waals surface area contributed by atoms with Crippen molar-refractivity contribution in [2.75, 3.05) is 0 Å². The third kappa shape index (κ3) is 1.70. The summed E-state index contributed by atoms with van der Waals surface area (Å²) in [5, 5.41) is 0. The molecule has 1 saturated carbocycles. The van der Waals surface area contributed by atoms with E-state index in [9.17, 15) is 4.79 Å². The minimum atomic E-state index is 0.144. The number of hydrogen-bond acceptors (Lipinski definition) is 1. The Morgan fingerprint density at radius 2 is 2.18 bits per heavy atom. The van der Waals surface area contributed by atoms with Crippen molar-refractivity contribution in [1.82, 2.24) is 0 Å². The van der Waals surface area contributed by atoms with Gasteiger partial charge in [0.2, 0.25) is 0 Å². The zero-order chi connectivity index (χ0) is 8.65. The summed E-state index contributed by atoms with van der Waals surface area (Å²) in [4.78, 5) is 11.1. The van der Waals surface area contributed by atoms with Crippen LogP contribution in [0.25, 0.3) is 0 Å². The number of rotatable bonds is 1. The van der Waals surface area contributed by atoms with Crippen LogP contribution in [0, 0.1) is 11.3 Å². The minimum absolute atomic E-state index is 0.144. The largest absolute Gasteiger partial charge is 0.299 e. The number of ketones is 1. The normalized spacial score (nSPS) is 29.0. The summed E-state index contributed by atoms with van der Waals surface area (Å²) >= 11 is 0. The lowest BCUT2D eigenvalue weighted by Gasteiger charge is -2.15. The molecule has 0 bridgehead atoms. The zero-order valence-electron chi connectivity index (χ0n) is 7.61. The first kappa shape index (κ1) is 8.51. The van der Waals surface area contributed by atoms with Gasteiger partial charge in [0.15, 0.2) is 0 Å². The van der Waals surface area contributed by atoms with Crippen molar-refractivity contribution in [2.45, 2.75) is 33.6 Å². The SMILES string of the molecule is C=C1CC(C)(C)C[C@H]1C(C)=O. The van der Waals surface area contributed by atoms with Gasteiger partial charge in [0.05, 0.1) is 0 Å². The second kappa shape index (κ2) is 2.47. The van der Waals surface area contributed by atoms with Gasteiger partial charge in [-0.15, -0.1) is 0 Å². The van der Waals surface area contributed by atoms with Crippen LogP contribution in [0.1, 0.15) is 33.6 Å². The van der Waals surface area contributed by atoms with Crippen molar-refractivity contribution >= 4 is 5.78 Å². The fraction of sp³-hybridized carbons (Fsp3) is 0.700. The Kier molecular flexibility index (Phi) is 1.91. The second-order valence-electron chi connectivity index (χ2n) is 4.37. The smallest absolute Gasteiger partial charge is 0.136 e. The highest BCUT2D eigenvalue weighted by atomic mass is 16.1. The molecule has 1 atom stereocenters. The van der Waals surface area contributed by atoms with Gasteiger partial charge in [-0.25, -0.2) is 0 Å². The topological polar surface area (TPSA) is 17.1 Å². The Morgan fingerprint density at radius 1 is 1.64 bits per heavy atom. The van der Waals surface area contributed by atoms with Gasteiger partial charge in [-0.1, -0.05) is 26.0 Å². The molecule has 0 N–H and O–H groups in total. The molecule has 0 aromatic heterocycles. The standard InChI is InChI=1S/C10H16O/c1-7-5-10(3,4)6-9(7)8(2)11/h9H,1,5-6H2,2-4H3/t9-/m1/s1. The molecule has 0 aromatic rings. The molecule has 0 unspecified atom stereocenters. The van der Waals surface area contributed by atoms with E-state index in [2.05, 4.69) is 20.4 Å². The van der Waals surface area contributed by atoms with Crippen LogP contribution in [-0.2, 0) is 4.79 Å². The predicted molar refractivity (Wildman–Crippen MR) is 46.3 cm³/mol. The van der Waals surface area contributed by atoms with Gasteiger partial charge < -0.3 is 0 Å².